The lowest BCUT2D eigenvalue weighted by Gasteiger charge is -2.04. The Kier molecular flexibility index (Phi) is 5.91. The summed E-state index contributed by atoms with van der Waals surface area (Å²) >= 11 is 2.91. The minimum Gasteiger partial charge on any atom is -0.399 e. The number of pyridine rings is 1. The van der Waals surface area contributed by atoms with Crippen LogP contribution < -0.4 is 5.32 Å². The summed E-state index contributed by atoms with van der Waals surface area (Å²) in [6.07, 6.45) is 5.36. The number of anilines is 1. The molecule has 22 heavy (non-hydrogen) atoms. The Labute approximate surface area is 137 Å². The highest BCUT2D eigenvalue weighted by atomic mass is 32.2. The summed E-state index contributed by atoms with van der Waals surface area (Å²) < 4.78 is 0. The van der Waals surface area contributed by atoms with Gasteiger partial charge in [-0.15, -0.1) is 0 Å². The predicted octanol–water partition coefficient (Wildman–Crippen LogP) is 2.82. The van der Waals surface area contributed by atoms with Crippen molar-refractivity contribution in [3.63, 3.8) is 0 Å². The van der Waals surface area contributed by atoms with Crippen LogP contribution in [-0.2, 0) is 9.63 Å². The third kappa shape index (κ3) is 4.05. The first-order chi connectivity index (χ1) is 10.7. The molecule has 0 aliphatic rings. The van der Waals surface area contributed by atoms with Crippen molar-refractivity contribution < 1.29 is 9.63 Å². The fourth-order valence-electron chi connectivity index (χ4n) is 1.68. The van der Waals surface area contributed by atoms with E-state index in [2.05, 4.69) is 20.4 Å². The van der Waals surface area contributed by atoms with Crippen LogP contribution in [0.3, 0.4) is 0 Å². The predicted molar refractivity (Wildman–Crippen MR) is 91.5 cm³/mol. The van der Waals surface area contributed by atoms with E-state index in [-0.39, 0.29) is 5.91 Å². The normalized spacial score (nSPS) is 11.3. The second-order valence-electron chi connectivity index (χ2n) is 4.28. The zero-order chi connectivity index (χ0) is 15.9. The van der Waals surface area contributed by atoms with E-state index < -0.39 is 0 Å². The molecule has 2 heterocycles. The Balaban J connectivity index is 2.18. The molecule has 0 atom stereocenters. The number of hydrogen-bond donors (Lipinski definition) is 1. The number of hydrogen-bond acceptors (Lipinski definition) is 7. The van der Waals surface area contributed by atoms with Crippen LogP contribution in [0.4, 0.5) is 5.00 Å². The van der Waals surface area contributed by atoms with E-state index in [0.29, 0.717) is 16.5 Å². The van der Waals surface area contributed by atoms with Gasteiger partial charge in [-0.1, -0.05) is 16.5 Å². The van der Waals surface area contributed by atoms with Gasteiger partial charge in [-0.3, -0.25) is 9.78 Å². The Morgan fingerprint density at radius 1 is 1.55 bits per heavy atom. The lowest BCUT2D eigenvalue weighted by atomic mass is 10.3. The van der Waals surface area contributed by atoms with Gasteiger partial charge >= 0.3 is 0 Å². The Bertz CT molecular complexity index is 671. The number of aromatic nitrogens is 2. The molecule has 2 rings (SSSR count). The molecule has 0 aliphatic carbocycles. The summed E-state index contributed by atoms with van der Waals surface area (Å²) in [6.45, 7) is 1.85. The lowest BCUT2D eigenvalue weighted by Crippen LogP contribution is -2.25. The standard InChI is InChI=1S/C14H16N4O2S2/c1-9-13(17-12(19)11(8-21-3)18-20-2)22-14(16-9)10-5-4-6-15-7-10/h4-7H,8H2,1-3H3,(H,17,19). The molecule has 0 spiro atoms. The summed E-state index contributed by atoms with van der Waals surface area (Å²) in [4.78, 5) is 25.5. The molecule has 116 valence electrons. The minimum absolute atomic E-state index is 0.277. The molecule has 0 aromatic carbocycles. The number of aryl methyl sites for hydroxylation is 1. The van der Waals surface area contributed by atoms with Gasteiger partial charge in [-0.2, -0.15) is 11.8 Å². The fraction of sp³-hybridized carbons (Fsp3) is 0.286. The molecule has 0 bridgehead atoms. The Morgan fingerprint density at radius 2 is 2.36 bits per heavy atom. The van der Waals surface area contributed by atoms with Gasteiger partial charge < -0.3 is 10.2 Å². The van der Waals surface area contributed by atoms with Gasteiger partial charge in [0.05, 0.1) is 5.69 Å². The maximum Gasteiger partial charge on any atom is 0.274 e. The zero-order valence-electron chi connectivity index (χ0n) is 12.5. The summed E-state index contributed by atoms with van der Waals surface area (Å²) in [5.41, 5.74) is 2.02. The third-order valence-electron chi connectivity index (χ3n) is 2.68. The van der Waals surface area contributed by atoms with Crippen LogP contribution >= 0.6 is 23.1 Å². The van der Waals surface area contributed by atoms with Gasteiger partial charge in [0.25, 0.3) is 5.91 Å². The number of rotatable bonds is 6. The summed E-state index contributed by atoms with van der Waals surface area (Å²) in [5.74, 6) is 0.202. The van der Waals surface area contributed by atoms with Crippen molar-refractivity contribution in [2.45, 2.75) is 6.92 Å². The van der Waals surface area contributed by atoms with Gasteiger partial charge in [-0.05, 0) is 25.3 Å². The number of thioether (sulfide) groups is 1. The van der Waals surface area contributed by atoms with Crippen molar-refractivity contribution >= 4 is 39.7 Å². The van der Waals surface area contributed by atoms with E-state index >= 15 is 0 Å². The molecule has 0 saturated heterocycles. The summed E-state index contributed by atoms with van der Waals surface area (Å²) in [5, 5.41) is 8.12. The first kappa shape index (κ1) is 16.4. The molecule has 0 fully saturated rings. The highest BCUT2D eigenvalue weighted by molar-refractivity contribution is 7.99. The van der Waals surface area contributed by atoms with Crippen LogP contribution in [0.25, 0.3) is 10.6 Å². The monoisotopic (exact) mass is 336 g/mol. The molecule has 2 aromatic rings. The van der Waals surface area contributed by atoms with E-state index in [4.69, 9.17) is 4.84 Å². The maximum absolute atomic E-state index is 12.2. The number of nitrogens with one attached hydrogen (secondary N) is 1. The molecular weight excluding hydrogens is 320 g/mol. The van der Waals surface area contributed by atoms with E-state index in [1.807, 2.05) is 25.3 Å². The lowest BCUT2D eigenvalue weighted by molar-refractivity contribution is -0.110. The molecule has 0 unspecified atom stereocenters. The molecular formula is C14H16N4O2S2. The van der Waals surface area contributed by atoms with Crippen molar-refractivity contribution in [1.29, 1.82) is 0 Å². The second kappa shape index (κ2) is 7.90. The molecule has 0 saturated carbocycles. The average Bonchev–Trinajstić information content (AvgIpc) is 2.89. The first-order valence-corrected chi connectivity index (χ1v) is 8.65. The highest BCUT2D eigenvalue weighted by Crippen LogP contribution is 2.31. The Morgan fingerprint density at radius 3 is 3.00 bits per heavy atom. The van der Waals surface area contributed by atoms with Crippen LogP contribution in [0, 0.1) is 6.92 Å². The fourth-order valence-corrected chi connectivity index (χ4v) is 3.09. The average molecular weight is 336 g/mol. The van der Waals surface area contributed by atoms with Crippen LogP contribution in [-0.4, -0.2) is 40.7 Å². The van der Waals surface area contributed by atoms with Crippen molar-refractivity contribution in [3.8, 4) is 10.6 Å². The highest BCUT2D eigenvalue weighted by Gasteiger charge is 2.16. The summed E-state index contributed by atoms with van der Waals surface area (Å²) in [7, 11) is 1.42. The Hall–Kier alpha value is -1.93. The van der Waals surface area contributed by atoms with Gasteiger partial charge in [-0.25, -0.2) is 4.98 Å². The first-order valence-electron chi connectivity index (χ1n) is 6.43. The van der Waals surface area contributed by atoms with Crippen LogP contribution in [0.15, 0.2) is 29.7 Å². The number of carbonyl (C=O) groups excluding carboxylic acids is 1. The van der Waals surface area contributed by atoms with Crippen molar-refractivity contribution in [1.82, 2.24) is 9.97 Å². The van der Waals surface area contributed by atoms with Crippen LogP contribution in [0.5, 0.6) is 0 Å². The maximum atomic E-state index is 12.2. The van der Waals surface area contributed by atoms with Crippen LogP contribution in [0.2, 0.25) is 0 Å². The third-order valence-corrected chi connectivity index (χ3v) is 4.36. The smallest absolute Gasteiger partial charge is 0.274 e. The van der Waals surface area contributed by atoms with Crippen molar-refractivity contribution in [2.24, 2.45) is 5.16 Å². The molecule has 0 radical (unpaired) electrons. The molecule has 8 heteroatoms. The molecule has 1 amide bonds. The van der Waals surface area contributed by atoms with Gasteiger partial charge in [0.15, 0.2) is 5.71 Å². The van der Waals surface area contributed by atoms with Crippen molar-refractivity contribution in [3.05, 3.63) is 30.2 Å². The SMILES string of the molecule is CON=C(CSC)C(=O)Nc1sc(-c2cccnc2)nc1C. The number of carbonyl (C=O) groups is 1. The van der Waals surface area contributed by atoms with E-state index in [1.54, 1.807) is 12.4 Å². The van der Waals surface area contributed by atoms with Gasteiger partial charge in [0.1, 0.15) is 17.1 Å². The van der Waals surface area contributed by atoms with Crippen LogP contribution in [0.1, 0.15) is 5.69 Å². The molecule has 2 aromatic heterocycles. The number of oxime groups is 1. The number of amides is 1. The number of thiazole rings is 1. The van der Waals surface area contributed by atoms with Crippen molar-refractivity contribution in [2.75, 3.05) is 24.4 Å². The zero-order valence-corrected chi connectivity index (χ0v) is 14.1. The van der Waals surface area contributed by atoms with E-state index in [0.717, 1.165) is 16.3 Å². The topological polar surface area (TPSA) is 76.5 Å². The quantitative estimate of drug-likeness (QED) is 0.648. The minimum atomic E-state index is -0.277. The largest absolute Gasteiger partial charge is 0.399 e. The molecule has 0 aliphatic heterocycles. The van der Waals surface area contributed by atoms with Gasteiger partial charge in [0, 0.05) is 23.7 Å². The second-order valence-corrected chi connectivity index (χ2v) is 6.15. The number of nitrogens with zero attached hydrogens (tertiary/aromatic N) is 3. The van der Waals surface area contributed by atoms with Gasteiger partial charge in [0.2, 0.25) is 0 Å². The molecule has 6 nitrogen and oxygen atoms in total. The van der Waals surface area contributed by atoms with E-state index in [1.165, 1.54) is 30.2 Å². The summed E-state index contributed by atoms with van der Waals surface area (Å²) in [6, 6.07) is 3.79. The molecule has 1 N–H and O–H groups in total. The van der Waals surface area contributed by atoms with E-state index in [9.17, 15) is 4.79 Å².